The van der Waals surface area contributed by atoms with Crippen LogP contribution in [0.4, 0.5) is 0 Å². The summed E-state index contributed by atoms with van der Waals surface area (Å²) >= 11 is 0. The lowest BCUT2D eigenvalue weighted by molar-refractivity contribution is 0.103. The highest BCUT2D eigenvalue weighted by Gasteiger charge is 2.18. The summed E-state index contributed by atoms with van der Waals surface area (Å²) in [6, 6.07) is 14.1. The molecule has 1 aliphatic rings. The lowest BCUT2D eigenvalue weighted by Gasteiger charge is -2.09. The molecule has 0 saturated carbocycles. The summed E-state index contributed by atoms with van der Waals surface area (Å²) in [5.41, 5.74) is 1.19. The molecule has 3 rings (SSSR count). The maximum Gasteiger partial charge on any atom is 0.231 e. The van der Waals surface area contributed by atoms with Crippen LogP contribution in [0.15, 0.2) is 48.0 Å². The first-order valence-electron chi connectivity index (χ1n) is 7.89. The first kappa shape index (κ1) is 16.6. The molecule has 0 spiro atoms. The van der Waals surface area contributed by atoms with E-state index in [0.29, 0.717) is 17.1 Å². The highest BCUT2D eigenvalue weighted by Crippen LogP contribution is 2.33. The van der Waals surface area contributed by atoms with E-state index in [1.165, 1.54) is 0 Å². The van der Waals surface area contributed by atoms with Crippen LogP contribution in [0.1, 0.15) is 29.8 Å². The third kappa shape index (κ3) is 3.81. The van der Waals surface area contributed by atoms with Gasteiger partial charge in [0.25, 0.3) is 0 Å². The first-order valence-corrected chi connectivity index (χ1v) is 7.89. The smallest absolute Gasteiger partial charge is 0.231 e. The lowest BCUT2D eigenvalue weighted by Crippen LogP contribution is -2.05. The predicted octanol–water partition coefficient (Wildman–Crippen LogP) is 3.99. The second kappa shape index (κ2) is 7.10. The minimum atomic E-state index is -0.358. The van der Waals surface area contributed by atoms with E-state index in [9.17, 15) is 10.1 Å². The number of nitrogens with zero attached hydrogens (tertiary/aromatic N) is 1. The summed E-state index contributed by atoms with van der Waals surface area (Å²) in [6.45, 7) is 4.04. The van der Waals surface area contributed by atoms with Gasteiger partial charge in [0.2, 0.25) is 12.6 Å². The third-order valence-corrected chi connectivity index (χ3v) is 3.56. The minimum absolute atomic E-state index is 0.0522. The Labute approximate surface area is 146 Å². The van der Waals surface area contributed by atoms with E-state index in [2.05, 4.69) is 0 Å². The number of Topliss-reactive ketones (excluding diaryl/α,β-unsaturated/α-hetero) is 1. The number of rotatable bonds is 5. The molecule has 0 bridgehead atoms. The van der Waals surface area contributed by atoms with E-state index in [0.717, 1.165) is 11.3 Å². The second-order valence-electron chi connectivity index (χ2n) is 5.80. The van der Waals surface area contributed by atoms with Crippen molar-refractivity contribution in [1.29, 1.82) is 5.26 Å². The van der Waals surface area contributed by atoms with Gasteiger partial charge in [-0.3, -0.25) is 4.79 Å². The number of carbonyl (C=O) groups excluding carboxylic acids is 1. The second-order valence-corrected chi connectivity index (χ2v) is 5.80. The van der Waals surface area contributed by atoms with Crippen molar-refractivity contribution >= 4 is 11.9 Å². The lowest BCUT2D eigenvalue weighted by atomic mass is 10.0. The normalized spacial score (nSPS) is 12.8. The van der Waals surface area contributed by atoms with Crippen LogP contribution in [0.2, 0.25) is 0 Å². The van der Waals surface area contributed by atoms with Crippen molar-refractivity contribution in [1.82, 2.24) is 0 Å². The molecule has 25 heavy (non-hydrogen) atoms. The molecule has 2 aromatic rings. The van der Waals surface area contributed by atoms with Gasteiger partial charge < -0.3 is 14.2 Å². The van der Waals surface area contributed by atoms with Crippen molar-refractivity contribution in [2.45, 2.75) is 20.0 Å². The summed E-state index contributed by atoms with van der Waals surface area (Å²) in [7, 11) is 0. The molecule has 1 heterocycles. The Morgan fingerprint density at radius 1 is 1.16 bits per heavy atom. The zero-order valence-corrected chi connectivity index (χ0v) is 14.0. The number of hydrogen-bond acceptors (Lipinski definition) is 5. The average molecular weight is 335 g/mol. The van der Waals surface area contributed by atoms with Crippen LogP contribution >= 0.6 is 0 Å². The molecular formula is C20H17NO4. The van der Waals surface area contributed by atoms with Crippen LogP contribution in [-0.2, 0) is 0 Å². The molecule has 0 radical (unpaired) electrons. The fraction of sp³-hybridized carbons (Fsp3) is 0.200. The maximum absolute atomic E-state index is 12.6. The molecule has 0 atom stereocenters. The fourth-order valence-corrected chi connectivity index (χ4v) is 2.42. The Hall–Kier alpha value is -3.26. The molecule has 0 saturated heterocycles. The van der Waals surface area contributed by atoms with Gasteiger partial charge in [-0.2, -0.15) is 5.26 Å². The maximum atomic E-state index is 12.6. The largest absolute Gasteiger partial charge is 0.491 e. The van der Waals surface area contributed by atoms with Crippen LogP contribution in [0.5, 0.6) is 17.2 Å². The quantitative estimate of drug-likeness (QED) is 0.469. The van der Waals surface area contributed by atoms with Gasteiger partial charge in [-0.15, -0.1) is 0 Å². The molecule has 2 aromatic carbocycles. The van der Waals surface area contributed by atoms with Crippen molar-refractivity contribution in [2.75, 3.05) is 6.79 Å². The van der Waals surface area contributed by atoms with Crippen LogP contribution in [0.3, 0.4) is 0 Å². The summed E-state index contributed by atoms with van der Waals surface area (Å²) in [4.78, 5) is 12.6. The molecule has 0 aromatic heterocycles. The number of ketones is 1. The van der Waals surface area contributed by atoms with Gasteiger partial charge in [0.1, 0.15) is 17.4 Å². The van der Waals surface area contributed by atoms with E-state index >= 15 is 0 Å². The molecular weight excluding hydrogens is 318 g/mol. The predicted molar refractivity (Wildman–Crippen MR) is 92.7 cm³/mol. The molecule has 0 unspecified atom stereocenters. The van der Waals surface area contributed by atoms with Crippen molar-refractivity contribution < 1.29 is 19.0 Å². The van der Waals surface area contributed by atoms with E-state index in [1.807, 2.05) is 44.2 Å². The van der Waals surface area contributed by atoms with Gasteiger partial charge in [0.05, 0.1) is 6.10 Å². The summed E-state index contributed by atoms with van der Waals surface area (Å²) < 4.78 is 16.1. The molecule has 0 N–H and O–H groups in total. The molecule has 126 valence electrons. The van der Waals surface area contributed by atoms with E-state index in [-0.39, 0.29) is 24.3 Å². The fourth-order valence-electron chi connectivity index (χ4n) is 2.42. The molecule has 1 aliphatic heterocycles. The van der Waals surface area contributed by atoms with Gasteiger partial charge in [-0.1, -0.05) is 12.1 Å². The summed E-state index contributed by atoms with van der Waals surface area (Å²) in [6.07, 6.45) is 1.65. The number of fused-ring (bicyclic) bond motifs is 1. The number of hydrogen-bond donors (Lipinski definition) is 0. The van der Waals surface area contributed by atoms with Gasteiger partial charge in [0, 0.05) is 5.56 Å². The average Bonchev–Trinajstić information content (AvgIpc) is 3.07. The monoisotopic (exact) mass is 335 g/mol. The Kier molecular flexibility index (Phi) is 4.71. The van der Waals surface area contributed by atoms with Crippen molar-refractivity contribution in [3.63, 3.8) is 0 Å². The number of ether oxygens (including phenoxy) is 3. The Balaban J connectivity index is 1.82. The van der Waals surface area contributed by atoms with Crippen molar-refractivity contribution in [2.24, 2.45) is 0 Å². The molecule has 0 fully saturated rings. The number of allylic oxidation sites excluding steroid dienone is 1. The minimum Gasteiger partial charge on any atom is -0.491 e. The first-order chi connectivity index (χ1) is 12.1. The van der Waals surface area contributed by atoms with Crippen LogP contribution in [0, 0.1) is 11.3 Å². The zero-order valence-electron chi connectivity index (χ0n) is 14.0. The van der Waals surface area contributed by atoms with Crippen LogP contribution < -0.4 is 14.2 Å². The Morgan fingerprint density at radius 2 is 1.88 bits per heavy atom. The van der Waals surface area contributed by atoms with E-state index in [4.69, 9.17) is 14.2 Å². The summed E-state index contributed by atoms with van der Waals surface area (Å²) in [5.74, 6) is 1.49. The summed E-state index contributed by atoms with van der Waals surface area (Å²) in [5, 5.41) is 9.37. The zero-order chi connectivity index (χ0) is 17.8. The standard InChI is InChI=1S/C20H17NO4/c1-13(2)25-17-6-3-14(4-7-17)9-16(11-21)20(22)15-5-8-18-19(10-15)24-12-23-18/h3-10,13H,12H2,1-2H3/b16-9+. The molecule has 0 amide bonds. The molecule has 5 nitrogen and oxygen atoms in total. The Morgan fingerprint density at radius 3 is 2.56 bits per heavy atom. The van der Waals surface area contributed by atoms with Gasteiger partial charge in [-0.25, -0.2) is 0 Å². The van der Waals surface area contributed by atoms with Crippen LogP contribution in [0.25, 0.3) is 6.08 Å². The van der Waals surface area contributed by atoms with Gasteiger partial charge >= 0.3 is 0 Å². The van der Waals surface area contributed by atoms with Gasteiger partial charge in [0.15, 0.2) is 11.5 Å². The SMILES string of the molecule is CC(C)Oc1ccc(/C=C(\C#N)C(=O)c2ccc3c(c2)OCO3)cc1. The molecule has 5 heteroatoms. The van der Waals surface area contributed by atoms with Crippen molar-refractivity contribution in [3.05, 3.63) is 59.2 Å². The Bertz CT molecular complexity index is 860. The van der Waals surface area contributed by atoms with Crippen LogP contribution in [-0.4, -0.2) is 18.7 Å². The molecule has 0 aliphatic carbocycles. The topological polar surface area (TPSA) is 68.5 Å². The number of nitriles is 1. The van der Waals surface area contributed by atoms with Crippen molar-refractivity contribution in [3.8, 4) is 23.3 Å². The number of carbonyl (C=O) groups is 1. The van der Waals surface area contributed by atoms with E-state index < -0.39 is 0 Å². The highest BCUT2D eigenvalue weighted by atomic mass is 16.7. The van der Waals surface area contributed by atoms with Gasteiger partial charge in [-0.05, 0) is 55.8 Å². The number of benzene rings is 2. The van der Waals surface area contributed by atoms with E-state index in [1.54, 1.807) is 24.3 Å². The highest BCUT2D eigenvalue weighted by molar-refractivity contribution is 6.14. The third-order valence-electron chi connectivity index (χ3n) is 3.56.